The van der Waals surface area contributed by atoms with E-state index in [9.17, 15) is 22.8 Å². The van der Waals surface area contributed by atoms with Gasteiger partial charge in [-0.15, -0.1) is 4.91 Å². The lowest BCUT2D eigenvalue weighted by atomic mass is 10.1. The number of benzene rings is 3. The van der Waals surface area contributed by atoms with Crippen LogP contribution in [0.3, 0.4) is 0 Å². The number of hydrogen-bond donors (Lipinski definition) is 2. The first kappa shape index (κ1) is 23.1. The fraction of sp³-hybridized carbons (Fsp3) is 0.130. The van der Waals surface area contributed by atoms with Crippen molar-refractivity contribution in [1.29, 1.82) is 0 Å². The summed E-state index contributed by atoms with van der Waals surface area (Å²) >= 11 is 5.84. The molecule has 0 bridgehead atoms. The van der Waals surface area contributed by atoms with Gasteiger partial charge in [-0.25, -0.2) is 12.8 Å². The summed E-state index contributed by atoms with van der Waals surface area (Å²) in [5, 5.41) is 14.3. The molecule has 0 amide bonds. The molecule has 180 valence electrons. The number of rotatable bonds is 6. The fourth-order valence-corrected chi connectivity index (χ4v) is 5.18. The third kappa shape index (κ3) is 4.29. The lowest BCUT2D eigenvalue weighted by Gasteiger charge is -2.21. The summed E-state index contributed by atoms with van der Waals surface area (Å²) in [7, 11) is -3.95. The van der Waals surface area contributed by atoms with E-state index in [0.29, 0.717) is 32.8 Å². The molecule has 0 saturated carbocycles. The van der Waals surface area contributed by atoms with E-state index in [2.05, 4.69) is 9.90 Å². The number of anilines is 1. The number of sulfonamides is 1. The van der Waals surface area contributed by atoms with Gasteiger partial charge in [-0.2, -0.15) is 0 Å². The number of hydrogen-bond acceptors (Lipinski definition) is 7. The first-order valence-corrected chi connectivity index (χ1v) is 12.1. The summed E-state index contributed by atoms with van der Waals surface area (Å²) in [6, 6.07) is 12.6. The minimum Gasteiger partial charge on any atom is -0.493 e. The van der Waals surface area contributed by atoms with E-state index in [1.54, 1.807) is 0 Å². The lowest BCUT2D eigenvalue weighted by molar-refractivity contribution is -0.0173. The van der Waals surface area contributed by atoms with Crippen LogP contribution in [-0.2, 0) is 27.9 Å². The summed E-state index contributed by atoms with van der Waals surface area (Å²) in [5.41, 5.74) is 1.17. The third-order valence-corrected chi connectivity index (χ3v) is 7.21. The Morgan fingerprint density at radius 1 is 1.14 bits per heavy atom. The summed E-state index contributed by atoms with van der Waals surface area (Å²) in [4.78, 5) is 11.5. The highest BCUT2D eigenvalue weighted by Gasteiger charge is 2.23. The van der Waals surface area contributed by atoms with Crippen molar-refractivity contribution in [3.63, 3.8) is 0 Å². The average molecular weight is 518 g/mol. The van der Waals surface area contributed by atoms with Crippen molar-refractivity contribution in [2.24, 2.45) is 5.18 Å². The summed E-state index contributed by atoms with van der Waals surface area (Å²) < 4.78 is 54.4. The smallest absolute Gasteiger partial charge is 0.261 e. The van der Waals surface area contributed by atoms with Crippen molar-refractivity contribution in [2.45, 2.75) is 18.0 Å². The van der Waals surface area contributed by atoms with Crippen LogP contribution in [0.25, 0.3) is 10.9 Å². The minimum absolute atomic E-state index is 0.00114. The topological polar surface area (TPSA) is 119 Å². The summed E-state index contributed by atoms with van der Waals surface area (Å²) in [5.74, 6) is -0.550. The Hall–Kier alpha value is -3.67. The minimum atomic E-state index is -3.95. The molecule has 1 aromatic heterocycles. The van der Waals surface area contributed by atoms with Crippen molar-refractivity contribution in [3.8, 4) is 11.6 Å². The molecule has 1 aliphatic rings. The predicted molar refractivity (Wildman–Crippen MR) is 127 cm³/mol. The second-order valence-corrected chi connectivity index (χ2v) is 9.92. The Kier molecular flexibility index (Phi) is 5.83. The molecule has 0 unspecified atom stereocenters. The number of nitroso groups, excluding NO2 is 1. The number of fused-ring (bicyclic) bond motifs is 2. The van der Waals surface area contributed by atoms with Crippen LogP contribution in [0.4, 0.5) is 15.8 Å². The zero-order valence-electron chi connectivity index (χ0n) is 17.9. The molecule has 2 heterocycles. The van der Waals surface area contributed by atoms with Crippen LogP contribution in [-0.4, -0.2) is 24.9 Å². The van der Waals surface area contributed by atoms with Crippen LogP contribution in [0, 0.1) is 10.7 Å². The van der Waals surface area contributed by atoms with Crippen molar-refractivity contribution < 1.29 is 27.4 Å². The van der Waals surface area contributed by atoms with Gasteiger partial charge in [0.25, 0.3) is 10.0 Å². The van der Waals surface area contributed by atoms with E-state index in [-0.39, 0.29) is 36.2 Å². The van der Waals surface area contributed by atoms with Crippen molar-refractivity contribution in [1.82, 2.24) is 4.57 Å². The fourth-order valence-electron chi connectivity index (χ4n) is 4.00. The first-order valence-electron chi connectivity index (χ1n) is 10.3. The zero-order valence-corrected chi connectivity index (χ0v) is 19.4. The molecule has 12 heteroatoms. The molecule has 0 radical (unpaired) electrons. The first-order chi connectivity index (χ1) is 16.8. The van der Waals surface area contributed by atoms with E-state index < -0.39 is 21.7 Å². The van der Waals surface area contributed by atoms with E-state index in [1.165, 1.54) is 59.2 Å². The third-order valence-electron chi connectivity index (χ3n) is 5.56. The Bertz CT molecular complexity index is 1570. The molecule has 9 nitrogen and oxygen atoms in total. The number of halogens is 2. The van der Waals surface area contributed by atoms with Crippen LogP contribution < -0.4 is 9.46 Å². The van der Waals surface area contributed by atoms with Gasteiger partial charge in [0.2, 0.25) is 5.88 Å². The van der Waals surface area contributed by atoms with Crippen LogP contribution in [0.1, 0.15) is 11.1 Å². The highest BCUT2D eigenvalue weighted by Crippen LogP contribution is 2.41. The van der Waals surface area contributed by atoms with Gasteiger partial charge in [-0.1, -0.05) is 11.6 Å². The summed E-state index contributed by atoms with van der Waals surface area (Å²) in [6.07, 6.45) is 0. The maximum Gasteiger partial charge on any atom is 0.261 e. The van der Waals surface area contributed by atoms with Gasteiger partial charge >= 0.3 is 0 Å². The Morgan fingerprint density at radius 2 is 1.91 bits per heavy atom. The van der Waals surface area contributed by atoms with Gasteiger partial charge in [0.1, 0.15) is 11.6 Å². The second kappa shape index (κ2) is 8.84. The molecule has 2 N–H and O–H groups in total. The molecule has 0 aliphatic carbocycles. The molecule has 3 aromatic carbocycles. The monoisotopic (exact) mass is 517 g/mol. The van der Waals surface area contributed by atoms with Crippen molar-refractivity contribution in [3.05, 3.63) is 81.5 Å². The van der Waals surface area contributed by atoms with Gasteiger partial charge < -0.3 is 19.1 Å². The van der Waals surface area contributed by atoms with Crippen LogP contribution in [0.2, 0.25) is 5.02 Å². The van der Waals surface area contributed by atoms with E-state index in [0.717, 1.165) is 0 Å². The lowest BCUT2D eigenvalue weighted by Crippen LogP contribution is -2.15. The molecule has 4 aromatic rings. The van der Waals surface area contributed by atoms with E-state index >= 15 is 0 Å². The molecule has 0 spiro atoms. The standard InChI is InChI=1S/C23H17ClFN3O6S/c24-15-1-4-18(5-2-15)35(31,32)27-17-3-6-19-20(9-17)28(23(29)21(19)26-30)10-13-7-16(25)8-14-11-33-12-34-22(13)14/h1-9,27,29H,10-12H2. The normalized spacial score (nSPS) is 13.3. The quantitative estimate of drug-likeness (QED) is 0.337. The van der Waals surface area contributed by atoms with Gasteiger partial charge in [-0.3, -0.25) is 4.72 Å². The maximum absolute atomic E-state index is 14.2. The van der Waals surface area contributed by atoms with Gasteiger partial charge in [0, 0.05) is 21.5 Å². The van der Waals surface area contributed by atoms with E-state index in [1.807, 2.05) is 0 Å². The molecular weight excluding hydrogens is 501 g/mol. The molecule has 5 rings (SSSR count). The number of nitrogens with zero attached hydrogens (tertiary/aromatic N) is 2. The Labute approximate surface area is 203 Å². The van der Waals surface area contributed by atoms with Crippen LogP contribution in [0.5, 0.6) is 11.6 Å². The van der Waals surface area contributed by atoms with Gasteiger partial charge in [-0.05, 0) is 59.8 Å². The van der Waals surface area contributed by atoms with Crippen molar-refractivity contribution >= 4 is 43.9 Å². The maximum atomic E-state index is 14.2. The highest BCUT2D eigenvalue weighted by atomic mass is 35.5. The zero-order chi connectivity index (χ0) is 24.7. The molecule has 0 fully saturated rings. The number of aromatic nitrogens is 1. The number of nitrogens with one attached hydrogen (secondary N) is 1. The summed E-state index contributed by atoms with van der Waals surface area (Å²) in [6.45, 7) is 0.0728. The Morgan fingerprint density at radius 3 is 2.66 bits per heavy atom. The molecule has 0 saturated heterocycles. The van der Waals surface area contributed by atoms with Crippen molar-refractivity contribution in [2.75, 3.05) is 11.5 Å². The highest BCUT2D eigenvalue weighted by molar-refractivity contribution is 7.92. The van der Waals surface area contributed by atoms with Gasteiger partial charge in [0.05, 0.1) is 29.3 Å². The number of ether oxygens (including phenoxy) is 2. The average Bonchev–Trinajstić information content (AvgIpc) is 3.09. The largest absolute Gasteiger partial charge is 0.493 e. The molecule has 1 aliphatic heterocycles. The molecule has 35 heavy (non-hydrogen) atoms. The Balaban J connectivity index is 1.58. The molecule has 0 atom stereocenters. The van der Waals surface area contributed by atoms with E-state index in [4.69, 9.17) is 21.1 Å². The number of aromatic hydroxyl groups is 1. The second-order valence-electron chi connectivity index (χ2n) is 7.80. The van der Waals surface area contributed by atoms with Gasteiger partial charge in [0.15, 0.2) is 12.5 Å². The SMILES string of the molecule is O=Nc1c(O)n(Cc2cc(F)cc3c2OCOC3)c2cc(NS(=O)(=O)c3ccc(Cl)cc3)ccc12. The van der Waals surface area contributed by atoms with Crippen LogP contribution >= 0.6 is 11.6 Å². The molecular formula is C23H17ClFN3O6S. The van der Waals surface area contributed by atoms with Crippen LogP contribution in [0.15, 0.2) is 64.7 Å². The predicted octanol–water partition coefficient (Wildman–Crippen LogP) is 5.25.